The molecule has 0 saturated heterocycles. The third kappa shape index (κ3) is 4.33. The van der Waals surface area contributed by atoms with Crippen LogP contribution in [0, 0.1) is 6.92 Å². The molecule has 0 aromatic heterocycles. The van der Waals surface area contributed by atoms with E-state index in [1.165, 1.54) is 0 Å². The number of thiocarbonyl (C=S) groups is 1. The molecular weight excluding hydrogens is 248 g/mol. The molecule has 0 bridgehead atoms. The van der Waals surface area contributed by atoms with Gasteiger partial charge in [0.2, 0.25) is 0 Å². The molecule has 0 aliphatic rings. The third-order valence-corrected chi connectivity index (χ3v) is 2.61. The summed E-state index contributed by atoms with van der Waals surface area (Å²) in [5.41, 5.74) is 8.40. The molecule has 0 amide bonds. The molecule has 0 atom stereocenters. The molecule has 1 aromatic rings. The van der Waals surface area contributed by atoms with Gasteiger partial charge in [0, 0.05) is 17.8 Å². The number of anilines is 1. The maximum Gasteiger partial charge on any atom is 0.307 e. The van der Waals surface area contributed by atoms with Crippen molar-refractivity contribution in [2.45, 2.75) is 20.3 Å². The van der Waals surface area contributed by atoms with Gasteiger partial charge < -0.3 is 15.8 Å². The molecule has 4 nitrogen and oxygen atoms in total. The van der Waals surface area contributed by atoms with Gasteiger partial charge in [-0.15, -0.1) is 0 Å². The van der Waals surface area contributed by atoms with E-state index in [0.717, 1.165) is 16.8 Å². The number of aryl methyl sites for hydroxylation is 1. The molecular formula is C13H18N2O2S. The minimum atomic E-state index is -0.214. The second-order valence-electron chi connectivity index (χ2n) is 3.90. The van der Waals surface area contributed by atoms with Gasteiger partial charge in [-0.1, -0.05) is 23.8 Å². The number of nitrogens with two attached hydrogens (primary N) is 1. The Morgan fingerprint density at radius 1 is 1.50 bits per heavy atom. The summed E-state index contributed by atoms with van der Waals surface area (Å²) in [5.74, 6) is -0.214. The van der Waals surface area contributed by atoms with Crippen molar-refractivity contribution in [2.75, 3.05) is 18.5 Å². The summed E-state index contributed by atoms with van der Waals surface area (Å²) in [6, 6.07) is 5.80. The highest BCUT2D eigenvalue weighted by molar-refractivity contribution is 7.80. The number of rotatable bonds is 6. The molecule has 0 aliphatic carbocycles. The van der Waals surface area contributed by atoms with Crippen LogP contribution in [-0.2, 0) is 9.53 Å². The van der Waals surface area contributed by atoms with Crippen LogP contribution in [0.25, 0.3) is 0 Å². The number of carbonyl (C=O) groups is 1. The lowest BCUT2D eigenvalue weighted by Gasteiger charge is -2.11. The smallest absolute Gasteiger partial charge is 0.307 e. The number of ether oxygens (including phenoxy) is 1. The van der Waals surface area contributed by atoms with E-state index in [0.29, 0.717) is 24.6 Å². The van der Waals surface area contributed by atoms with Gasteiger partial charge in [0.15, 0.2) is 0 Å². The molecule has 5 heteroatoms. The average molecular weight is 266 g/mol. The molecule has 3 N–H and O–H groups in total. The van der Waals surface area contributed by atoms with Crippen molar-refractivity contribution in [1.82, 2.24) is 0 Å². The van der Waals surface area contributed by atoms with E-state index in [-0.39, 0.29) is 5.97 Å². The van der Waals surface area contributed by atoms with E-state index in [1.54, 1.807) is 6.92 Å². The van der Waals surface area contributed by atoms with Crippen molar-refractivity contribution in [2.24, 2.45) is 5.73 Å². The number of hydrogen-bond acceptors (Lipinski definition) is 4. The molecule has 0 unspecified atom stereocenters. The van der Waals surface area contributed by atoms with Crippen LogP contribution < -0.4 is 11.1 Å². The fraction of sp³-hybridized carbons (Fsp3) is 0.385. The number of hydrogen-bond donors (Lipinski definition) is 2. The summed E-state index contributed by atoms with van der Waals surface area (Å²) in [6.07, 6.45) is 0.318. The zero-order valence-electron chi connectivity index (χ0n) is 10.7. The van der Waals surface area contributed by atoms with E-state index in [9.17, 15) is 4.79 Å². The summed E-state index contributed by atoms with van der Waals surface area (Å²) < 4.78 is 4.85. The summed E-state index contributed by atoms with van der Waals surface area (Å²) in [6.45, 7) is 4.67. The Hall–Kier alpha value is -1.62. The minimum Gasteiger partial charge on any atom is -0.466 e. The van der Waals surface area contributed by atoms with E-state index in [2.05, 4.69) is 5.32 Å². The van der Waals surface area contributed by atoms with Crippen LogP contribution in [0.4, 0.5) is 5.69 Å². The Morgan fingerprint density at radius 3 is 2.83 bits per heavy atom. The van der Waals surface area contributed by atoms with Gasteiger partial charge in [0.1, 0.15) is 4.99 Å². The standard InChI is InChI=1S/C13H18N2O2S/c1-3-17-12(16)6-7-15-11-5-4-9(2)8-10(11)13(14)18/h4-5,8,15H,3,6-7H2,1-2H3,(H2,14,18). The number of nitrogens with one attached hydrogen (secondary N) is 1. The highest BCUT2D eigenvalue weighted by Gasteiger charge is 2.06. The Kier molecular flexibility index (Phi) is 5.58. The lowest BCUT2D eigenvalue weighted by Crippen LogP contribution is -2.16. The predicted octanol–water partition coefficient (Wildman–Crippen LogP) is 1.99. The van der Waals surface area contributed by atoms with E-state index >= 15 is 0 Å². The zero-order valence-corrected chi connectivity index (χ0v) is 11.5. The molecule has 0 saturated carbocycles. The molecule has 0 radical (unpaired) electrons. The molecule has 0 aliphatic heterocycles. The van der Waals surface area contributed by atoms with Gasteiger partial charge in [-0.2, -0.15) is 0 Å². The van der Waals surface area contributed by atoms with E-state index in [1.807, 2.05) is 25.1 Å². The lowest BCUT2D eigenvalue weighted by atomic mass is 10.1. The Morgan fingerprint density at radius 2 is 2.22 bits per heavy atom. The van der Waals surface area contributed by atoms with Crippen molar-refractivity contribution in [3.63, 3.8) is 0 Å². The van der Waals surface area contributed by atoms with Gasteiger partial charge in [-0.3, -0.25) is 4.79 Å². The minimum absolute atomic E-state index is 0.214. The van der Waals surface area contributed by atoms with Crippen molar-refractivity contribution >= 4 is 28.9 Å². The largest absolute Gasteiger partial charge is 0.466 e. The fourth-order valence-electron chi connectivity index (χ4n) is 1.55. The fourth-order valence-corrected chi connectivity index (χ4v) is 1.72. The van der Waals surface area contributed by atoms with Gasteiger partial charge in [-0.05, 0) is 26.0 Å². The topological polar surface area (TPSA) is 64.3 Å². The molecule has 0 fully saturated rings. The molecule has 0 heterocycles. The third-order valence-electron chi connectivity index (χ3n) is 2.39. The monoisotopic (exact) mass is 266 g/mol. The van der Waals surface area contributed by atoms with Crippen molar-refractivity contribution in [3.05, 3.63) is 29.3 Å². The molecule has 98 valence electrons. The van der Waals surface area contributed by atoms with Crippen molar-refractivity contribution in [1.29, 1.82) is 0 Å². The van der Waals surface area contributed by atoms with Crippen LogP contribution in [0.2, 0.25) is 0 Å². The Balaban J connectivity index is 2.62. The van der Waals surface area contributed by atoms with Crippen LogP contribution in [0.1, 0.15) is 24.5 Å². The summed E-state index contributed by atoms with van der Waals surface area (Å²) in [4.78, 5) is 11.5. The lowest BCUT2D eigenvalue weighted by molar-refractivity contribution is -0.142. The molecule has 0 spiro atoms. The Labute approximate surface area is 113 Å². The first-order valence-electron chi connectivity index (χ1n) is 5.84. The summed E-state index contributed by atoms with van der Waals surface area (Å²) in [7, 11) is 0. The van der Waals surface area contributed by atoms with Crippen LogP contribution in [0.15, 0.2) is 18.2 Å². The van der Waals surface area contributed by atoms with Gasteiger partial charge in [-0.25, -0.2) is 0 Å². The van der Waals surface area contributed by atoms with Crippen LogP contribution in [0.3, 0.4) is 0 Å². The molecule has 18 heavy (non-hydrogen) atoms. The van der Waals surface area contributed by atoms with E-state index < -0.39 is 0 Å². The number of esters is 1. The van der Waals surface area contributed by atoms with Gasteiger partial charge >= 0.3 is 5.97 Å². The first-order chi connectivity index (χ1) is 8.54. The zero-order chi connectivity index (χ0) is 13.5. The highest BCUT2D eigenvalue weighted by atomic mass is 32.1. The average Bonchev–Trinajstić information content (AvgIpc) is 2.31. The van der Waals surface area contributed by atoms with Crippen molar-refractivity contribution in [3.8, 4) is 0 Å². The first kappa shape index (κ1) is 14.4. The van der Waals surface area contributed by atoms with Gasteiger partial charge in [0.25, 0.3) is 0 Å². The first-order valence-corrected chi connectivity index (χ1v) is 6.25. The second-order valence-corrected chi connectivity index (χ2v) is 4.33. The second kappa shape index (κ2) is 6.96. The summed E-state index contributed by atoms with van der Waals surface area (Å²) >= 11 is 5.00. The summed E-state index contributed by atoms with van der Waals surface area (Å²) in [5, 5.41) is 3.14. The number of carbonyl (C=O) groups excluding carboxylic acids is 1. The van der Waals surface area contributed by atoms with Gasteiger partial charge in [0.05, 0.1) is 13.0 Å². The predicted molar refractivity (Wildman–Crippen MR) is 76.8 cm³/mol. The molecule has 1 aromatic carbocycles. The maximum atomic E-state index is 11.2. The normalized spacial score (nSPS) is 9.89. The quantitative estimate of drug-likeness (QED) is 0.609. The van der Waals surface area contributed by atoms with Crippen molar-refractivity contribution < 1.29 is 9.53 Å². The highest BCUT2D eigenvalue weighted by Crippen LogP contribution is 2.17. The van der Waals surface area contributed by atoms with E-state index in [4.69, 9.17) is 22.7 Å². The van der Waals surface area contributed by atoms with Crippen LogP contribution in [-0.4, -0.2) is 24.1 Å². The number of benzene rings is 1. The van der Waals surface area contributed by atoms with Crippen LogP contribution in [0.5, 0.6) is 0 Å². The van der Waals surface area contributed by atoms with Crippen LogP contribution >= 0.6 is 12.2 Å². The maximum absolute atomic E-state index is 11.2. The Bertz CT molecular complexity index is 447. The molecule has 1 rings (SSSR count). The SMILES string of the molecule is CCOC(=O)CCNc1ccc(C)cc1C(N)=S.